The van der Waals surface area contributed by atoms with Crippen LogP contribution in [0.4, 0.5) is 0 Å². The van der Waals surface area contributed by atoms with Crippen LogP contribution in [0.15, 0.2) is 53.3 Å². The summed E-state index contributed by atoms with van der Waals surface area (Å²) in [6.07, 6.45) is 1.20. The van der Waals surface area contributed by atoms with Gasteiger partial charge in [0.1, 0.15) is 31.3 Å². The number of benzene rings is 2. The van der Waals surface area contributed by atoms with Gasteiger partial charge >= 0.3 is 11.9 Å². The molecule has 2 N–H and O–H groups in total. The fourth-order valence-electron chi connectivity index (χ4n) is 6.32. The molecule has 2 aliphatic rings. The standard InChI is InChI=1S/C35H36N4O7/c1-4-24-27-14-23(46-32(41)18-38(20(3)40)16-21-6-8-22(9-7-21)44-13-12-36)10-11-30(27)37-33-28(24)17-39-31(33)15-26-25(5-2)35(43)45-19-29(26)34(39)42/h6-11,14-15,25H,4-5,12-13,16-19,36H2,1-3H3/t25-/m1/s1. The molecule has 0 aliphatic carbocycles. The third-order valence-corrected chi connectivity index (χ3v) is 8.63. The summed E-state index contributed by atoms with van der Waals surface area (Å²) in [6.45, 7) is 6.50. The maximum atomic E-state index is 13.6. The Morgan fingerprint density at radius 2 is 1.83 bits per heavy atom. The SMILES string of the molecule is CCc1c2c(nc3ccc(OC(=O)CN(Cc4ccc(OCCN)cc4)C(C)=O)cc13)-c1cc3c(c(=O)n1C2)COC(=O)[C@@H]3CC. The topological polar surface area (TPSA) is 143 Å². The molecule has 0 radical (unpaired) electrons. The normalized spacial score (nSPS) is 14.7. The summed E-state index contributed by atoms with van der Waals surface area (Å²) in [6, 6.07) is 14.5. The van der Waals surface area contributed by atoms with Gasteiger partial charge in [0.05, 0.1) is 34.9 Å². The van der Waals surface area contributed by atoms with E-state index in [-0.39, 0.29) is 37.1 Å². The molecule has 2 aliphatic heterocycles. The molecule has 0 unspecified atom stereocenters. The van der Waals surface area contributed by atoms with Crippen molar-refractivity contribution in [2.75, 3.05) is 19.7 Å². The van der Waals surface area contributed by atoms with Gasteiger partial charge in [0.25, 0.3) is 5.56 Å². The molecular weight excluding hydrogens is 588 g/mol. The number of rotatable bonds is 10. The second-order valence-electron chi connectivity index (χ2n) is 11.5. The number of nitrogens with two attached hydrogens (primary N) is 1. The summed E-state index contributed by atoms with van der Waals surface area (Å²) < 4.78 is 18.2. The van der Waals surface area contributed by atoms with E-state index < -0.39 is 11.9 Å². The second kappa shape index (κ2) is 12.8. The van der Waals surface area contributed by atoms with Crippen molar-refractivity contribution in [2.24, 2.45) is 5.73 Å². The summed E-state index contributed by atoms with van der Waals surface area (Å²) in [5, 5.41) is 0.822. The average molecular weight is 625 g/mol. The van der Waals surface area contributed by atoms with Gasteiger partial charge in [0, 0.05) is 31.0 Å². The second-order valence-corrected chi connectivity index (χ2v) is 11.5. The number of hydrogen-bond acceptors (Lipinski definition) is 9. The molecule has 1 atom stereocenters. The van der Waals surface area contributed by atoms with E-state index >= 15 is 0 Å². The third-order valence-electron chi connectivity index (χ3n) is 8.63. The minimum absolute atomic E-state index is 0.0254. The van der Waals surface area contributed by atoms with Crippen LogP contribution in [0, 0.1) is 0 Å². The van der Waals surface area contributed by atoms with Gasteiger partial charge in [-0.3, -0.25) is 14.4 Å². The number of ether oxygens (including phenoxy) is 3. The van der Waals surface area contributed by atoms with Crippen LogP contribution in [0.3, 0.4) is 0 Å². The van der Waals surface area contributed by atoms with Gasteiger partial charge in [-0.2, -0.15) is 0 Å². The summed E-state index contributed by atoms with van der Waals surface area (Å²) in [5.41, 5.74) is 11.4. The van der Waals surface area contributed by atoms with Gasteiger partial charge in [0.2, 0.25) is 5.91 Å². The number of pyridine rings is 2. The molecule has 238 valence electrons. The maximum Gasteiger partial charge on any atom is 0.331 e. The molecular formula is C35H36N4O7. The van der Waals surface area contributed by atoms with Crippen LogP contribution >= 0.6 is 0 Å². The Kier molecular flexibility index (Phi) is 8.59. The van der Waals surface area contributed by atoms with Crippen LogP contribution in [-0.4, -0.2) is 52.0 Å². The van der Waals surface area contributed by atoms with Crippen molar-refractivity contribution < 1.29 is 28.6 Å². The summed E-state index contributed by atoms with van der Waals surface area (Å²) in [5.74, 6) is -0.605. The number of aryl methyl sites for hydroxylation is 1. The molecule has 0 fully saturated rings. The van der Waals surface area contributed by atoms with E-state index in [0.717, 1.165) is 33.3 Å². The minimum Gasteiger partial charge on any atom is -0.492 e. The lowest BCUT2D eigenvalue weighted by Gasteiger charge is -2.24. The summed E-state index contributed by atoms with van der Waals surface area (Å²) >= 11 is 0. The Morgan fingerprint density at radius 3 is 2.52 bits per heavy atom. The molecule has 4 heterocycles. The molecule has 0 saturated carbocycles. The Labute approximate surface area is 265 Å². The third kappa shape index (κ3) is 5.74. The monoisotopic (exact) mass is 624 g/mol. The molecule has 0 spiro atoms. The molecule has 46 heavy (non-hydrogen) atoms. The Bertz CT molecular complexity index is 1920. The molecule has 1 amide bonds. The largest absolute Gasteiger partial charge is 0.492 e. The van der Waals surface area contributed by atoms with Gasteiger partial charge in [-0.05, 0) is 65.9 Å². The lowest BCUT2D eigenvalue weighted by Crippen LogP contribution is -2.35. The number of aromatic nitrogens is 2. The molecule has 11 nitrogen and oxygen atoms in total. The first-order chi connectivity index (χ1) is 22.2. The van der Waals surface area contributed by atoms with Gasteiger partial charge in [-0.15, -0.1) is 0 Å². The van der Waals surface area contributed by atoms with Gasteiger partial charge in [-0.1, -0.05) is 26.0 Å². The van der Waals surface area contributed by atoms with Crippen molar-refractivity contribution in [3.05, 3.63) is 86.7 Å². The van der Waals surface area contributed by atoms with Crippen LogP contribution in [0.2, 0.25) is 0 Å². The maximum absolute atomic E-state index is 13.6. The lowest BCUT2D eigenvalue weighted by molar-refractivity contribution is -0.148. The number of amides is 1. The molecule has 0 bridgehead atoms. The highest BCUT2D eigenvalue weighted by molar-refractivity contribution is 5.90. The predicted octanol–water partition coefficient (Wildman–Crippen LogP) is 3.83. The zero-order valence-electron chi connectivity index (χ0n) is 26.1. The van der Waals surface area contributed by atoms with E-state index in [1.54, 1.807) is 34.9 Å². The fraction of sp³-hybridized carbons (Fsp3) is 0.343. The predicted molar refractivity (Wildman–Crippen MR) is 170 cm³/mol. The first-order valence-electron chi connectivity index (χ1n) is 15.5. The number of carbonyl (C=O) groups excluding carboxylic acids is 3. The van der Waals surface area contributed by atoms with Crippen LogP contribution in [0.1, 0.15) is 60.9 Å². The highest BCUT2D eigenvalue weighted by Gasteiger charge is 2.34. The lowest BCUT2D eigenvalue weighted by atomic mass is 9.90. The van der Waals surface area contributed by atoms with Gasteiger partial charge < -0.3 is 29.4 Å². The van der Waals surface area contributed by atoms with E-state index in [4.69, 9.17) is 24.9 Å². The molecule has 2 aromatic carbocycles. The van der Waals surface area contributed by atoms with Crippen molar-refractivity contribution in [3.8, 4) is 22.9 Å². The van der Waals surface area contributed by atoms with E-state index in [1.165, 1.54) is 11.8 Å². The number of nitrogens with zero attached hydrogens (tertiary/aromatic N) is 3. The van der Waals surface area contributed by atoms with Crippen molar-refractivity contribution in [1.82, 2.24) is 14.5 Å². The highest BCUT2D eigenvalue weighted by Crippen LogP contribution is 2.39. The van der Waals surface area contributed by atoms with Crippen molar-refractivity contribution in [3.63, 3.8) is 0 Å². The number of esters is 2. The van der Waals surface area contributed by atoms with Crippen LogP contribution in [-0.2, 0) is 45.2 Å². The Balaban J connectivity index is 1.24. The molecule has 2 aromatic heterocycles. The van der Waals surface area contributed by atoms with Crippen molar-refractivity contribution in [2.45, 2.75) is 59.2 Å². The molecule has 0 saturated heterocycles. The summed E-state index contributed by atoms with van der Waals surface area (Å²) in [7, 11) is 0. The van der Waals surface area contributed by atoms with Gasteiger partial charge in [-0.25, -0.2) is 9.78 Å². The van der Waals surface area contributed by atoms with E-state index in [1.807, 2.05) is 32.0 Å². The summed E-state index contributed by atoms with van der Waals surface area (Å²) in [4.78, 5) is 57.8. The highest BCUT2D eigenvalue weighted by atomic mass is 16.5. The zero-order chi connectivity index (χ0) is 32.5. The first kappa shape index (κ1) is 31.0. The van der Waals surface area contributed by atoms with Crippen molar-refractivity contribution in [1.29, 1.82) is 0 Å². The van der Waals surface area contributed by atoms with Crippen molar-refractivity contribution >= 4 is 28.7 Å². The van der Waals surface area contributed by atoms with Crippen LogP contribution < -0.4 is 20.8 Å². The van der Waals surface area contributed by atoms with Gasteiger partial charge in [0.15, 0.2) is 0 Å². The average Bonchev–Trinajstić information content (AvgIpc) is 3.41. The Morgan fingerprint density at radius 1 is 1.07 bits per heavy atom. The van der Waals surface area contributed by atoms with E-state index in [2.05, 4.69) is 0 Å². The zero-order valence-corrected chi connectivity index (χ0v) is 26.1. The molecule has 6 rings (SSSR count). The number of cyclic esters (lactones) is 1. The van der Waals surface area contributed by atoms with Crippen LogP contribution in [0.5, 0.6) is 11.5 Å². The molecule has 11 heteroatoms. The number of carbonyl (C=O) groups is 3. The van der Waals surface area contributed by atoms with Crippen LogP contribution in [0.25, 0.3) is 22.3 Å². The van der Waals surface area contributed by atoms with E-state index in [9.17, 15) is 19.2 Å². The number of hydrogen-bond donors (Lipinski definition) is 1. The quantitative estimate of drug-likeness (QED) is 0.181. The smallest absolute Gasteiger partial charge is 0.331 e. The Hall–Kier alpha value is -5.03. The number of fused-ring (bicyclic) bond motifs is 5. The molecule has 4 aromatic rings. The fourth-order valence-corrected chi connectivity index (χ4v) is 6.32. The first-order valence-corrected chi connectivity index (χ1v) is 15.5. The van der Waals surface area contributed by atoms with E-state index in [0.29, 0.717) is 60.8 Å². The minimum atomic E-state index is -0.573.